The predicted octanol–water partition coefficient (Wildman–Crippen LogP) is 7.88. The van der Waals surface area contributed by atoms with Gasteiger partial charge < -0.3 is 4.74 Å². The lowest BCUT2D eigenvalue weighted by molar-refractivity contribution is -0.0745. The molecule has 1 aliphatic carbocycles. The smallest absolute Gasteiger partial charge is 0.387 e. The van der Waals surface area contributed by atoms with Crippen molar-refractivity contribution >= 4 is 0 Å². The van der Waals surface area contributed by atoms with Gasteiger partial charge in [0.25, 0.3) is 5.92 Å². The van der Waals surface area contributed by atoms with Crippen molar-refractivity contribution in [2.45, 2.75) is 64.4 Å². The van der Waals surface area contributed by atoms with Crippen LogP contribution in [0, 0.1) is 17.7 Å². The van der Waals surface area contributed by atoms with Crippen LogP contribution in [0.25, 0.3) is 11.1 Å². The molecule has 0 bridgehead atoms. The first-order valence-electron chi connectivity index (χ1n) is 10.5. The Morgan fingerprint density at radius 1 is 0.967 bits per heavy atom. The Kier molecular flexibility index (Phi) is 7.37. The van der Waals surface area contributed by atoms with Crippen LogP contribution in [0.4, 0.5) is 22.0 Å². The molecule has 0 heterocycles. The summed E-state index contributed by atoms with van der Waals surface area (Å²) in [4.78, 5) is 0. The average Bonchev–Trinajstić information content (AvgIpc) is 2.70. The molecule has 1 aliphatic rings. The zero-order chi connectivity index (χ0) is 21.7. The normalized spacial score (nSPS) is 19.8. The van der Waals surface area contributed by atoms with Crippen LogP contribution in [0.2, 0.25) is 0 Å². The second kappa shape index (κ2) is 9.80. The molecule has 2 aromatic carbocycles. The second-order valence-corrected chi connectivity index (χ2v) is 8.16. The summed E-state index contributed by atoms with van der Waals surface area (Å²) in [6.07, 6.45) is 4.81. The average molecular weight is 426 g/mol. The van der Waals surface area contributed by atoms with Gasteiger partial charge in [0.15, 0.2) is 11.6 Å². The van der Waals surface area contributed by atoms with Crippen LogP contribution in [0.3, 0.4) is 0 Å². The fourth-order valence-corrected chi connectivity index (χ4v) is 4.39. The van der Waals surface area contributed by atoms with Gasteiger partial charge in [0.05, 0.1) is 0 Å². The first-order valence-corrected chi connectivity index (χ1v) is 10.5. The van der Waals surface area contributed by atoms with Gasteiger partial charge in [0.1, 0.15) is 0 Å². The number of rotatable bonds is 8. The summed E-state index contributed by atoms with van der Waals surface area (Å²) in [5.41, 5.74) is 1.60. The summed E-state index contributed by atoms with van der Waals surface area (Å²) in [5, 5.41) is 0. The largest absolute Gasteiger partial charge is 0.432 e. The molecule has 2 aromatic rings. The van der Waals surface area contributed by atoms with E-state index in [1.165, 1.54) is 6.07 Å². The lowest BCUT2D eigenvalue weighted by atomic mass is 9.76. The molecule has 0 amide bonds. The Labute approximate surface area is 174 Å². The summed E-state index contributed by atoms with van der Waals surface area (Å²) < 4.78 is 72.1. The standard InChI is InChI=1S/C24H27F5O/c1-2-3-16-6-11-20(12-7-16)24(28,29)15-17-4-8-18(9-5-17)19-10-13-22(21(25)14-19)30-23(26)27/h4-5,8-10,13-14,16,20,23H,2-3,6-7,11-12,15H2,1H3. The van der Waals surface area contributed by atoms with Gasteiger partial charge in [-0.05, 0) is 60.4 Å². The van der Waals surface area contributed by atoms with Gasteiger partial charge in [-0.1, -0.05) is 50.1 Å². The van der Waals surface area contributed by atoms with Crippen molar-refractivity contribution in [3.05, 3.63) is 53.8 Å². The molecule has 164 valence electrons. The summed E-state index contributed by atoms with van der Waals surface area (Å²) in [7, 11) is 0. The summed E-state index contributed by atoms with van der Waals surface area (Å²) in [6, 6.07) is 10.2. The van der Waals surface area contributed by atoms with Crippen LogP contribution < -0.4 is 4.74 Å². The third-order valence-corrected chi connectivity index (χ3v) is 6.02. The van der Waals surface area contributed by atoms with Crippen LogP contribution >= 0.6 is 0 Å². The molecular formula is C24H27F5O. The predicted molar refractivity (Wildman–Crippen MR) is 107 cm³/mol. The van der Waals surface area contributed by atoms with Crippen LogP contribution in [-0.4, -0.2) is 12.5 Å². The van der Waals surface area contributed by atoms with Gasteiger partial charge in [-0.25, -0.2) is 13.2 Å². The third kappa shape index (κ3) is 5.73. The zero-order valence-corrected chi connectivity index (χ0v) is 17.0. The quantitative estimate of drug-likeness (QED) is 0.390. The Morgan fingerprint density at radius 2 is 1.60 bits per heavy atom. The van der Waals surface area contributed by atoms with Crippen molar-refractivity contribution in [3.63, 3.8) is 0 Å². The van der Waals surface area contributed by atoms with Gasteiger partial charge in [-0.3, -0.25) is 0 Å². The van der Waals surface area contributed by atoms with Crippen molar-refractivity contribution in [3.8, 4) is 16.9 Å². The molecule has 0 aromatic heterocycles. The molecule has 1 saturated carbocycles. The van der Waals surface area contributed by atoms with E-state index in [0.717, 1.165) is 37.8 Å². The van der Waals surface area contributed by atoms with Crippen LogP contribution in [0.15, 0.2) is 42.5 Å². The maximum atomic E-state index is 14.8. The van der Waals surface area contributed by atoms with Gasteiger partial charge in [-0.2, -0.15) is 8.78 Å². The number of hydrogen-bond donors (Lipinski definition) is 0. The molecule has 0 N–H and O–H groups in total. The van der Waals surface area contributed by atoms with Crippen LogP contribution in [-0.2, 0) is 6.42 Å². The monoisotopic (exact) mass is 426 g/mol. The van der Waals surface area contributed by atoms with E-state index < -0.39 is 30.0 Å². The van der Waals surface area contributed by atoms with E-state index in [-0.39, 0.29) is 6.42 Å². The number of hydrogen-bond acceptors (Lipinski definition) is 1. The van der Waals surface area contributed by atoms with Crippen LogP contribution in [0.5, 0.6) is 5.75 Å². The second-order valence-electron chi connectivity index (χ2n) is 8.16. The fraction of sp³-hybridized carbons (Fsp3) is 0.500. The molecule has 0 radical (unpaired) electrons. The molecule has 0 unspecified atom stereocenters. The molecule has 6 heteroatoms. The zero-order valence-electron chi connectivity index (χ0n) is 17.0. The minimum Gasteiger partial charge on any atom is -0.432 e. The minimum atomic E-state index is -3.10. The maximum absolute atomic E-state index is 14.8. The highest BCUT2D eigenvalue weighted by atomic mass is 19.3. The number of ether oxygens (including phenoxy) is 1. The molecule has 30 heavy (non-hydrogen) atoms. The van der Waals surface area contributed by atoms with Crippen molar-refractivity contribution < 1.29 is 26.7 Å². The Hall–Kier alpha value is -2.11. The maximum Gasteiger partial charge on any atom is 0.387 e. The summed E-state index contributed by atoms with van der Waals surface area (Å²) >= 11 is 0. The highest BCUT2D eigenvalue weighted by molar-refractivity contribution is 5.64. The van der Waals surface area contributed by atoms with Crippen molar-refractivity contribution in [2.24, 2.45) is 11.8 Å². The van der Waals surface area contributed by atoms with Gasteiger partial charge in [-0.15, -0.1) is 0 Å². The molecule has 0 spiro atoms. The van der Waals surface area contributed by atoms with Gasteiger partial charge in [0, 0.05) is 12.3 Å². The Bertz CT molecular complexity index is 811. The first kappa shape index (κ1) is 22.6. The van der Waals surface area contributed by atoms with Gasteiger partial charge >= 0.3 is 6.61 Å². The lowest BCUT2D eigenvalue weighted by Crippen LogP contribution is -2.34. The van der Waals surface area contributed by atoms with E-state index in [1.54, 1.807) is 24.3 Å². The lowest BCUT2D eigenvalue weighted by Gasteiger charge is -2.33. The van der Waals surface area contributed by atoms with Crippen LogP contribution in [0.1, 0.15) is 51.0 Å². The van der Waals surface area contributed by atoms with Crippen molar-refractivity contribution in [1.82, 2.24) is 0 Å². The molecule has 1 nitrogen and oxygen atoms in total. The number of halogens is 5. The van der Waals surface area contributed by atoms with E-state index in [9.17, 15) is 22.0 Å². The van der Waals surface area contributed by atoms with E-state index in [2.05, 4.69) is 11.7 Å². The minimum absolute atomic E-state index is 0.314. The van der Waals surface area contributed by atoms with E-state index >= 15 is 0 Å². The van der Waals surface area contributed by atoms with E-state index in [0.29, 0.717) is 35.4 Å². The highest BCUT2D eigenvalue weighted by Crippen LogP contribution is 2.41. The number of benzene rings is 2. The highest BCUT2D eigenvalue weighted by Gasteiger charge is 2.41. The number of alkyl halides is 4. The molecule has 0 saturated heterocycles. The summed E-state index contributed by atoms with van der Waals surface area (Å²) in [5.74, 6) is -4.18. The molecule has 1 fully saturated rings. The Balaban J connectivity index is 1.63. The van der Waals surface area contributed by atoms with Crippen molar-refractivity contribution in [1.29, 1.82) is 0 Å². The molecular weight excluding hydrogens is 399 g/mol. The molecule has 0 atom stereocenters. The van der Waals surface area contributed by atoms with Crippen molar-refractivity contribution in [2.75, 3.05) is 0 Å². The van der Waals surface area contributed by atoms with E-state index in [4.69, 9.17) is 0 Å². The first-order chi connectivity index (χ1) is 14.3. The summed E-state index contributed by atoms with van der Waals surface area (Å²) in [6.45, 7) is -0.974. The topological polar surface area (TPSA) is 9.23 Å². The Morgan fingerprint density at radius 3 is 2.17 bits per heavy atom. The fourth-order valence-electron chi connectivity index (χ4n) is 4.39. The molecule has 0 aliphatic heterocycles. The SMILES string of the molecule is CCCC1CCC(C(F)(F)Cc2ccc(-c3ccc(OC(F)F)c(F)c3)cc2)CC1. The van der Waals surface area contributed by atoms with Gasteiger partial charge in [0.2, 0.25) is 0 Å². The van der Waals surface area contributed by atoms with E-state index in [1.807, 2.05) is 0 Å². The molecule has 3 rings (SSSR count). The third-order valence-electron chi connectivity index (χ3n) is 6.02.